The average Bonchev–Trinajstić information content (AvgIpc) is 2.59. The molecule has 0 radical (unpaired) electrons. The molecule has 0 aliphatic rings. The summed E-state index contributed by atoms with van der Waals surface area (Å²) in [6.07, 6.45) is -0.677. The van der Waals surface area contributed by atoms with E-state index in [1.165, 1.54) is 24.3 Å². The number of aromatic nitrogens is 1. The van der Waals surface area contributed by atoms with Crippen LogP contribution >= 0.6 is 0 Å². The molecule has 1 aromatic heterocycles. The zero-order chi connectivity index (χ0) is 19.4. The zero-order valence-corrected chi connectivity index (χ0v) is 15.4. The van der Waals surface area contributed by atoms with Crippen molar-refractivity contribution in [1.82, 2.24) is 9.71 Å². The maximum Gasteiger partial charge on any atom is 0.416 e. The molecule has 1 N–H and O–H groups in total. The smallest absolute Gasteiger partial charge is 0.255 e. The quantitative estimate of drug-likeness (QED) is 0.755. The first kappa shape index (κ1) is 20.4. The van der Waals surface area contributed by atoms with Gasteiger partial charge < -0.3 is 0 Å². The number of benzene rings is 1. The van der Waals surface area contributed by atoms with Crippen LogP contribution in [0.4, 0.5) is 13.2 Å². The monoisotopic (exact) mass is 386 g/mol. The molecule has 8 heteroatoms. The number of nitrogens with one attached hydrogen (secondary N) is 1. The molecular formula is C18H21F3N2O2S. The van der Waals surface area contributed by atoms with Gasteiger partial charge in [-0.2, -0.15) is 13.2 Å². The third-order valence-corrected chi connectivity index (χ3v) is 5.45. The Morgan fingerprint density at radius 3 is 2.50 bits per heavy atom. The molecule has 0 aliphatic carbocycles. The lowest BCUT2D eigenvalue weighted by molar-refractivity contribution is -0.137. The zero-order valence-electron chi connectivity index (χ0n) is 14.5. The molecule has 142 valence electrons. The summed E-state index contributed by atoms with van der Waals surface area (Å²) in [7, 11) is -3.71. The lowest BCUT2D eigenvalue weighted by Gasteiger charge is -2.14. The Hall–Kier alpha value is -1.93. The third-order valence-electron chi connectivity index (χ3n) is 3.88. The fourth-order valence-electron chi connectivity index (χ4n) is 2.47. The van der Waals surface area contributed by atoms with E-state index in [1.807, 2.05) is 6.92 Å². The van der Waals surface area contributed by atoms with Crippen molar-refractivity contribution in [3.8, 4) is 11.3 Å². The number of pyridine rings is 1. The number of unbranched alkanes of at least 4 members (excludes halogenated alkanes) is 1. The van der Waals surface area contributed by atoms with Crippen molar-refractivity contribution in [1.29, 1.82) is 0 Å². The molecule has 1 heterocycles. The molecule has 0 fully saturated rings. The maximum absolute atomic E-state index is 12.8. The molecule has 1 atom stereocenters. The molecule has 0 saturated carbocycles. The van der Waals surface area contributed by atoms with E-state index in [4.69, 9.17) is 0 Å². The van der Waals surface area contributed by atoms with Gasteiger partial charge in [-0.3, -0.25) is 4.98 Å². The average molecular weight is 386 g/mol. The van der Waals surface area contributed by atoms with Gasteiger partial charge in [0.05, 0.1) is 11.3 Å². The Balaban J connectivity index is 2.20. The molecule has 0 saturated heterocycles. The number of hydrogen-bond acceptors (Lipinski definition) is 3. The summed E-state index contributed by atoms with van der Waals surface area (Å²) in [5.41, 5.74) is -0.234. The highest BCUT2D eigenvalue weighted by Gasteiger charge is 2.30. The van der Waals surface area contributed by atoms with E-state index < -0.39 is 21.8 Å². The van der Waals surface area contributed by atoms with Crippen LogP contribution in [-0.2, 0) is 16.2 Å². The minimum atomic E-state index is -4.45. The van der Waals surface area contributed by atoms with Crippen molar-refractivity contribution < 1.29 is 21.6 Å². The van der Waals surface area contributed by atoms with E-state index in [0.717, 1.165) is 37.6 Å². The number of hydrogen-bond donors (Lipinski definition) is 1. The van der Waals surface area contributed by atoms with Crippen molar-refractivity contribution in [3.05, 3.63) is 48.2 Å². The molecule has 2 aromatic rings. The van der Waals surface area contributed by atoms with Crippen LogP contribution in [0.15, 0.2) is 47.5 Å². The lowest BCUT2D eigenvalue weighted by Crippen LogP contribution is -2.32. The van der Waals surface area contributed by atoms with Gasteiger partial charge >= 0.3 is 6.18 Å². The Bertz CT molecular complexity index is 834. The minimum absolute atomic E-state index is 0.0171. The Morgan fingerprint density at radius 1 is 1.19 bits per heavy atom. The fraction of sp³-hybridized carbons (Fsp3) is 0.389. The van der Waals surface area contributed by atoms with Crippen LogP contribution in [0.25, 0.3) is 11.3 Å². The van der Waals surface area contributed by atoms with E-state index in [1.54, 1.807) is 6.92 Å². The number of alkyl halides is 3. The highest BCUT2D eigenvalue weighted by molar-refractivity contribution is 7.89. The largest absolute Gasteiger partial charge is 0.416 e. The molecule has 1 unspecified atom stereocenters. The van der Waals surface area contributed by atoms with Crippen LogP contribution in [0.2, 0.25) is 0 Å². The summed E-state index contributed by atoms with van der Waals surface area (Å²) >= 11 is 0. The number of halogens is 3. The topological polar surface area (TPSA) is 59.1 Å². The van der Waals surface area contributed by atoms with Crippen LogP contribution in [0.3, 0.4) is 0 Å². The second-order valence-electron chi connectivity index (χ2n) is 6.12. The lowest BCUT2D eigenvalue weighted by atomic mass is 10.1. The van der Waals surface area contributed by atoms with E-state index >= 15 is 0 Å². The van der Waals surface area contributed by atoms with E-state index in [0.29, 0.717) is 0 Å². The van der Waals surface area contributed by atoms with Gasteiger partial charge in [0.25, 0.3) is 0 Å². The minimum Gasteiger partial charge on any atom is -0.255 e. The number of nitrogens with zero attached hydrogens (tertiary/aromatic N) is 1. The summed E-state index contributed by atoms with van der Waals surface area (Å²) in [5.74, 6) is 0. The van der Waals surface area contributed by atoms with Gasteiger partial charge in [0.2, 0.25) is 10.0 Å². The van der Waals surface area contributed by atoms with Crippen LogP contribution < -0.4 is 4.72 Å². The standard InChI is InChI=1S/C18H21F3N2O2S/c1-3-4-6-13(2)23-26(24,25)16-9-10-17(22-12-16)14-7-5-8-15(11-14)18(19,20)21/h5,7-13,23H,3-4,6H2,1-2H3. The van der Waals surface area contributed by atoms with Gasteiger partial charge in [0, 0.05) is 17.8 Å². The molecular weight excluding hydrogens is 365 g/mol. The van der Waals surface area contributed by atoms with Crippen molar-refractivity contribution in [2.45, 2.75) is 50.2 Å². The van der Waals surface area contributed by atoms with E-state index in [-0.39, 0.29) is 22.2 Å². The van der Waals surface area contributed by atoms with Gasteiger partial charge in [-0.1, -0.05) is 31.9 Å². The second-order valence-corrected chi connectivity index (χ2v) is 7.84. The predicted molar refractivity (Wildman–Crippen MR) is 94.0 cm³/mol. The highest BCUT2D eigenvalue weighted by atomic mass is 32.2. The molecule has 2 rings (SSSR count). The summed E-state index contributed by atoms with van der Waals surface area (Å²) in [6, 6.07) is 7.30. The summed E-state index contributed by atoms with van der Waals surface area (Å²) < 4.78 is 65.7. The SMILES string of the molecule is CCCCC(C)NS(=O)(=O)c1ccc(-c2cccc(C(F)(F)F)c2)nc1. The van der Waals surface area contributed by atoms with Crippen molar-refractivity contribution in [2.75, 3.05) is 0 Å². The Kier molecular flexibility index (Phi) is 6.41. The first-order chi connectivity index (χ1) is 12.1. The molecule has 4 nitrogen and oxygen atoms in total. The number of rotatable bonds is 7. The van der Waals surface area contributed by atoms with Gasteiger partial charge in [-0.05, 0) is 37.6 Å². The van der Waals surface area contributed by atoms with Crippen molar-refractivity contribution in [2.24, 2.45) is 0 Å². The van der Waals surface area contributed by atoms with Crippen molar-refractivity contribution >= 4 is 10.0 Å². The van der Waals surface area contributed by atoms with Gasteiger partial charge in [0.1, 0.15) is 4.90 Å². The Labute approximate surface area is 151 Å². The molecule has 0 bridgehead atoms. The summed E-state index contributed by atoms with van der Waals surface area (Å²) in [6.45, 7) is 3.81. The summed E-state index contributed by atoms with van der Waals surface area (Å²) in [4.78, 5) is 4.00. The van der Waals surface area contributed by atoms with E-state index in [9.17, 15) is 21.6 Å². The third kappa shape index (κ3) is 5.28. The number of sulfonamides is 1. The van der Waals surface area contributed by atoms with Crippen LogP contribution in [-0.4, -0.2) is 19.4 Å². The normalized spacial score (nSPS) is 13.6. The summed E-state index contributed by atoms with van der Waals surface area (Å²) in [5, 5.41) is 0. The van der Waals surface area contributed by atoms with Crippen LogP contribution in [0.1, 0.15) is 38.7 Å². The maximum atomic E-state index is 12.8. The fourth-order valence-corrected chi connectivity index (χ4v) is 3.69. The first-order valence-corrected chi connectivity index (χ1v) is 9.78. The van der Waals surface area contributed by atoms with Crippen molar-refractivity contribution in [3.63, 3.8) is 0 Å². The van der Waals surface area contributed by atoms with E-state index in [2.05, 4.69) is 9.71 Å². The Morgan fingerprint density at radius 2 is 1.92 bits per heavy atom. The second kappa shape index (κ2) is 8.18. The molecule has 0 spiro atoms. The first-order valence-electron chi connectivity index (χ1n) is 8.29. The van der Waals surface area contributed by atoms with Gasteiger partial charge in [-0.25, -0.2) is 13.1 Å². The molecule has 1 aromatic carbocycles. The van der Waals surface area contributed by atoms with Gasteiger partial charge in [-0.15, -0.1) is 0 Å². The molecule has 26 heavy (non-hydrogen) atoms. The van der Waals surface area contributed by atoms with Gasteiger partial charge in [0.15, 0.2) is 0 Å². The highest BCUT2D eigenvalue weighted by Crippen LogP contribution is 2.31. The van der Waals surface area contributed by atoms with Crippen LogP contribution in [0, 0.1) is 0 Å². The predicted octanol–water partition coefficient (Wildman–Crippen LogP) is 4.62. The molecule has 0 amide bonds. The van der Waals surface area contributed by atoms with Crippen LogP contribution in [0.5, 0.6) is 0 Å². The molecule has 0 aliphatic heterocycles.